The van der Waals surface area contributed by atoms with Gasteiger partial charge >= 0.3 is 0 Å². The van der Waals surface area contributed by atoms with Crippen molar-refractivity contribution >= 4 is 52.4 Å². The summed E-state index contributed by atoms with van der Waals surface area (Å²) in [6.45, 7) is 2.88. The summed E-state index contributed by atoms with van der Waals surface area (Å²) in [5, 5.41) is 6.20. The van der Waals surface area contributed by atoms with Crippen LogP contribution in [0.15, 0.2) is 34.4 Å². The smallest absolute Gasteiger partial charge is 0.146 e. The Bertz CT molecular complexity index is 590. The third-order valence-corrected chi connectivity index (χ3v) is 4.21. The summed E-state index contributed by atoms with van der Waals surface area (Å²) < 4.78 is 0. The minimum absolute atomic E-state index is 0.499. The van der Waals surface area contributed by atoms with Gasteiger partial charge in [-0.05, 0) is 36.4 Å². The van der Waals surface area contributed by atoms with Gasteiger partial charge < -0.3 is 5.32 Å². The zero-order valence-corrected chi connectivity index (χ0v) is 13.7. The maximum Gasteiger partial charge on any atom is 0.146 e. The molecule has 0 radical (unpaired) electrons. The monoisotopic (exact) mass is 347 g/mol. The van der Waals surface area contributed by atoms with Gasteiger partial charge in [-0.15, -0.1) is 0 Å². The molecule has 0 unspecified atom stereocenters. The minimum Gasteiger partial charge on any atom is -0.369 e. The number of pyridine rings is 2. The van der Waals surface area contributed by atoms with Crippen LogP contribution in [0.5, 0.6) is 0 Å². The van der Waals surface area contributed by atoms with Crippen molar-refractivity contribution in [3.8, 4) is 0 Å². The quantitative estimate of drug-likeness (QED) is 0.784. The molecule has 2 aromatic rings. The molecule has 2 rings (SSSR count). The molecular weight excluding hydrogens is 337 g/mol. The first-order chi connectivity index (χ1) is 9.60. The number of anilines is 1. The zero-order chi connectivity index (χ0) is 14.5. The highest BCUT2D eigenvalue weighted by Gasteiger charge is 2.11. The predicted molar refractivity (Wildman–Crippen MR) is 86.4 cm³/mol. The fourth-order valence-corrected chi connectivity index (χ4v) is 2.80. The Balaban J connectivity index is 2.24. The highest BCUT2D eigenvalue weighted by molar-refractivity contribution is 7.99. The summed E-state index contributed by atoms with van der Waals surface area (Å²) >= 11 is 19.5. The van der Waals surface area contributed by atoms with E-state index < -0.39 is 0 Å². The van der Waals surface area contributed by atoms with Crippen LogP contribution in [0.1, 0.15) is 13.3 Å². The molecule has 20 heavy (non-hydrogen) atoms. The predicted octanol–water partition coefficient (Wildman–Crippen LogP) is 5.41. The molecule has 106 valence electrons. The molecule has 0 spiro atoms. The lowest BCUT2D eigenvalue weighted by Crippen LogP contribution is -2.03. The van der Waals surface area contributed by atoms with E-state index in [2.05, 4.69) is 22.2 Å². The summed E-state index contributed by atoms with van der Waals surface area (Å²) in [5.41, 5.74) is 0. The molecule has 0 fully saturated rings. The van der Waals surface area contributed by atoms with Crippen molar-refractivity contribution in [1.82, 2.24) is 9.97 Å². The van der Waals surface area contributed by atoms with Crippen molar-refractivity contribution in [3.05, 3.63) is 39.5 Å². The van der Waals surface area contributed by atoms with Gasteiger partial charge in [-0.25, -0.2) is 9.97 Å². The van der Waals surface area contributed by atoms with Crippen molar-refractivity contribution in [2.24, 2.45) is 0 Å². The van der Waals surface area contributed by atoms with E-state index >= 15 is 0 Å². The Labute approximate surface area is 137 Å². The van der Waals surface area contributed by atoms with Crippen LogP contribution in [0.4, 0.5) is 5.82 Å². The third-order valence-electron chi connectivity index (χ3n) is 2.34. The summed E-state index contributed by atoms with van der Waals surface area (Å²) in [6.07, 6.45) is 2.58. The summed E-state index contributed by atoms with van der Waals surface area (Å²) in [4.78, 5) is 8.65. The average Bonchev–Trinajstić information content (AvgIpc) is 2.43. The molecule has 0 amide bonds. The van der Waals surface area contributed by atoms with Gasteiger partial charge in [0.05, 0.1) is 15.1 Å². The number of rotatable bonds is 5. The van der Waals surface area contributed by atoms with Crippen LogP contribution >= 0.6 is 46.6 Å². The zero-order valence-electron chi connectivity index (χ0n) is 10.7. The van der Waals surface area contributed by atoms with E-state index in [4.69, 9.17) is 34.8 Å². The molecule has 7 heteroatoms. The van der Waals surface area contributed by atoms with Gasteiger partial charge in [-0.1, -0.05) is 41.7 Å². The molecule has 0 atom stereocenters. The standard InChI is InChI=1S/C13H12Cl3N3S/c1-2-5-17-12-9(15)6-10(16)13(19-12)20-11-4-3-8(14)7-18-11/h3-4,6-7H,2,5H2,1H3,(H,17,19). The fraction of sp³-hybridized carbons (Fsp3) is 0.231. The highest BCUT2D eigenvalue weighted by Crippen LogP contribution is 2.35. The first kappa shape index (κ1) is 15.7. The molecule has 0 aromatic carbocycles. The Morgan fingerprint density at radius 2 is 2.00 bits per heavy atom. The minimum atomic E-state index is 0.499. The molecule has 2 aromatic heterocycles. The summed E-state index contributed by atoms with van der Waals surface area (Å²) in [6, 6.07) is 5.28. The Morgan fingerprint density at radius 1 is 1.20 bits per heavy atom. The van der Waals surface area contributed by atoms with Crippen LogP contribution in [0.3, 0.4) is 0 Å². The SMILES string of the molecule is CCCNc1nc(Sc2ccc(Cl)cn2)c(Cl)cc1Cl. The topological polar surface area (TPSA) is 37.8 Å². The Morgan fingerprint density at radius 3 is 2.65 bits per heavy atom. The second-order valence-electron chi connectivity index (χ2n) is 3.95. The van der Waals surface area contributed by atoms with Gasteiger partial charge in [0, 0.05) is 12.7 Å². The number of aromatic nitrogens is 2. The van der Waals surface area contributed by atoms with E-state index in [0.717, 1.165) is 18.0 Å². The second kappa shape index (κ2) is 7.36. The first-order valence-corrected chi connectivity index (χ1v) is 7.94. The van der Waals surface area contributed by atoms with E-state index in [-0.39, 0.29) is 0 Å². The summed E-state index contributed by atoms with van der Waals surface area (Å²) in [7, 11) is 0. The van der Waals surface area contributed by atoms with Gasteiger partial charge in [0.2, 0.25) is 0 Å². The normalized spacial score (nSPS) is 10.6. The Hall–Kier alpha value is -0.680. The molecule has 0 saturated carbocycles. The summed E-state index contributed by atoms with van der Waals surface area (Å²) in [5.74, 6) is 0.634. The molecule has 0 aliphatic rings. The average molecular weight is 349 g/mol. The van der Waals surface area contributed by atoms with E-state index in [1.165, 1.54) is 11.8 Å². The van der Waals surface area contributed by atoms with E-state index in [0.29, 0.717) is 25.9 Å². The van der Waals surface area contributed by atoms with E-state index in [9.17, 15) is 0 Å². The maximum absolute atomic E-state index is 6.17. The molecule has 2 heterocycles. The number of hydrogen-bond acceptors (Lipinski definition) is 4. The van der Waals surface area contributed by atoms with Crippen LogP contribution in [0.2, 0.25) is 15.1 Å². The van der Waals surface area contributed by atoms with Crippen LogP contribution in [0.25, 0.3) is 0 Å². The molecular formula is C13H12Cl3N3S. The van der Waals surface area contributed by atoms with Gasteiger partial charge in [0.1, 0.15) is 15.9 Å². The largest absolute Gasteiger partial charge is 0.369 e. The second-order valence-corrected chi connectivity index (χ2v) is 6.21. The van der Waals surface area contributed by atoms with Crippen molar-refractivity contribution in [1.29, 1.82) is 0 Å². The number of halogens is 3. The molecule has 0 aliphatic heterocycles. The van der Waals surface area contributed by atoms with Crippen molar-refractivity contribution in [2.45, 2.75) is 23.4 Å². The number of nitrogens with zero attached hydrogens (tertiary/aromatic N) is 2. The van der Waals surface area contributed by atoms with Crippen LogP contribution < -0.4 is 5.32 Å². The Kier molecular flexibility index (Phi) is 5.78. The lowest BCUT2D eigenvalue weighted by Gasteiger charge is -2.10. The molecule has 0 bridgehead atoms. The van der Waals surface area contributed by atoms with Crippen molar-refractivity contribution in [2.75, 3.05) is 11.9 Å². The number of nitrogens with one attached hydrogen (secondary N) is 1. The molecule has 3 nitrogen and oxygen atoms in total. The molecule has 0 saturated heterocycles. The molecule has 0 aliphatic carbocycles. The van der Waals surface area contributed by atoms with E-state index in [1.807, 2.05) is 6.07 Å². The third kappa shape index (κ3) is 4.16. The fourth-order valence-electron chi connectivity index (χ4n) is 1.41. The van der Waals surface area contributed by atoms with Crippen LogP contribution in [-0.2, 0) is 0 Å². The maximum atomic E-state index is 6.17. The highest BCUT2D eigenvalue weighted by atomic mass is 35.5. The van der Waals surface area contributed by atoms with E-state index in [1.54, 1.807) is 18.3 Å². The first-order valence-electron chi connectivity index (χ1n) is 5.99. The van der Waals surface area contributed by atoms with Crippen molar-refractivity contribution in [3.63, 3.8) is 0 Å². The van der Waals surface area contributed by atoms with Crippen LogP contribution in [0, 0.1) is 0 Å². The van der Waals surface area contributed by atoms with Gasteiger partial charge in [-0.3, -0.25) is 0 Å². The van der Waals surface area contributed by atoms with Crippen LogP contribution in [-0.4, -0.2) is 16.5 Å². The lowest BCUT2D eigenvalue weighted by atomic mass is 10.4. The van der Waals surface area contributed by atoms with Gasteiger partial charge in [0.25, 0.3) is 0 Å². The molecule has 1 N–H and O–H groups in total. The lowest BCUT2D eigenvalue weighted by molar-refractivity contribution is 0.959. The van der Waals surface area contributed by atoms with Crippen molar-refractivity contribution < 1.29 is 0 Å². The van der Waals surface area contributed by atoms with Gasteiger partial charge in [0.15, 0.2) is 0 Å². The van der Waals surface area contributed by atoms with Gasteiger partial charge in [-0.2, -0.15) is 0 Å². The number of hydrogen-bond donors (Lipinski definition) is 1.